The van der Waals surface area contributed by atoms with Gasteiger partial charge in [-0.2, -0.15) is 0 Å². The summed E-state index contributed by atoms with van der Waals surface area (Å²) in [6.07, 6.45) is 23.4. The molecule has 0 atom stereocenters. The van der Waals surface area contributed by atoms with Crippen molar-refractivity contribution in [3.05, 3.63) is 110 Å². The molecular formula is C32H60O5. The Morgan fingerprint density at radius 3 is 1.41 bits per heavy atom. The van der Waals surface area contributed by atoms with Crippen molar-refractivity contribution in [2.24, 2.45) is 5.92 Å². The van der Waals surface area contributed by atoms with E-state index in [0.29, 0.717) is 0 Å². The minimum atomic E-state index is 0. The predicted molar refractivity (Wildman–Crippen MR) is 168 cm³/mol. The molecule has 0 amide bonds. The summed E-state index contributed by atoms with van der Waals surface area (Å²) in [6.45, 7) is 19.6. The lowest BCUT2D eigenvalue weighted by atomic mass is 9.91. The van der Waals surface area contributed by atoms with E-state index in [4.69, 9.17) is 10.2 Å². The minimum absolute atomic E-state index is 0. The number of benzene rings is 1. The van der Waals surface area contributed by atoms with Crippen LogP contribution in [-0.2, 0) is 0 Å². The molecule has 37 heavy (non-hydrogen) atoms. The van der Waals surface area contributed by atoms with Crippen molar-refractivity contribution in [2.45, 2.75) is 86.5 Å². The van der Waals surface area contributed by atoms with Crippen LogP contribution in [0.2, 0.25) is 0 Å². The number of rotatable bonds is 5. The summed E-state index contributed by atoms with van der Waals surface area (Å²) >= 11 is 0. The van der Waals surface area contributed by atoms with E-state index in [1.54, 1.807) is 30.4 Å². The highest BCUT2D eigenvalue weighted by Crippen LogP contribution is 2.22. The highest BCUT2D eigenvalue weighted by molar-refractivity contribution is 5.21. The lowest BCUT2D eigenvalue weighted by Crippen LogP contribution is -1.99. The highest BCUT2D eigenvalue weighted by atomic mass is 16.2. The first-order valence-corrected chi connectivity index (χ1v) is 12.8. The second kappa shape index (κ2) is 54.2. The van der Waals surface area contributed by atoms with E-state index < -0.39 is 0 Å². The summed E-state index contributed by atoms with van der Waals surface area (Å²) in [5, 5.41) is 16.4. The molecule has 0 radical (unpaired) electrons. The average Bonchev–Trinajstić information content (AvgIpc) is 2.89. The standard InChI is InChI=1S/C8H12O.C7H14.C6H8O.C6H6.C3H8.C2H6.3H2O/c1-3-5-8(4-2)6-7-9;1-7-5-3-2-4-6-7;1-2-3-4-5-6-7;1-2-4-6-5-3-1;1-3-2;1-2;;;/h3,5-7,9H,1,4H2,2H3;7H,2-6H2,1H3;2-7H,1H2;1-6H;3H2,1-2H3;1-2H3;3*1H2/b7-6-,8-5-;;4-3-,6-5-;;;;;;. The predicted octanol–water partition coefficient (Wildman–Crippen LogP) is 8.62. The normalized spacial score (nSPS) is 11.8. The van der Waals surface area contributed by atoms with Crippen LogP contribution in [0, 0.1) is 5.92 Å². The molecule has 218 valence electrons. The number of hydrogen-bond acceptors (Lipinski definition) is 2. The zero-order chi connectivity index (χ0) is 26.7. The smallest absolute Gasteiger partial charge is 0.0794 e. The van der Waals surface area contributed by atoms with E-state index >= 15 is 0 Å². The molecule has 0 unspecified atom stereocenters. The molecule has 1 saturated carbocycles. The van der Waals surface area contributed by atoms with Crippen molar-refractivity contribution in [3.63, 3.8) is 0 Å². The van der Waals surface area contributed by atoms with Gasteiger partial charge in [-0.15, -0.1) is 0 Å². The van der Waals surface area contributed by atoms with Crippen LogP contribution in [0.3, 0.4) is 0 Å². The van der Waals surface area contributed by atoms with Crippen molar-refractivity contribution in [2.75, 3.05) is 0 Å². The zero-order valence-corrected chi connectivity index (χ0v) is 24.5. The minimum Gasteiger partial charge on any atom is -0.516 e. The van der Waals surface area contributed by atoms with Gasteiger partial charge in [0.2, 0.25) is 0 Å². The van der Waals surface area contributed by atoms with E-state index in [1.807, 2.05) is 63.2 Å². The van der Waals surface area contributed by atoms with Crippen LogP contribution < -0.4 is 0 Å². The van der Waals surface area contributed by atoms with E-state index in [0.717, 1.165) is 30.4 Å². The van der Waals surface area contributed by atoms with Gasteiger partial charge in [0.05, 0.1) is 12.5 Å². The van der Waals surface area contributed by atoms with Gasteiger partial charge in [0.25, 0.3) is 0 Å². The zero-order valence-electron chi connectivity index (χ0n) is 24.5. The summed E-state index contributed by atoms with van der Waals surface area (Å²) in [6, 6.07) is 12.0. The van der Waals surface area contributed by atoms with Gasteiger partial charge in [-0.05, 0) is 30.1 Å². The van der Waals surface area contributed by atoms with Crippen LogP contribution >= 0.6 is 0 Å². The first-order chi connectivity index (χ1) is 16.6. The molecule has 0 bridgehead atoms. The molecule has 1 aromatic rings. The van der Waals surface area contributed by atoms with Crippen LogP contribution in [0.4, 0.5) is 0 Å². The lowest BCUT2D eigenvalue weighted by molar-refractivity contribution is 0.385. The van der Waals surface area contributed by atoms with Gasteiger partial charge in [-0.25, -0.2) is 0 Å². The molecular weight excluding hydrogens is 464 g/mol. The van der Waals surface area contributed by atoms with Gasteiger partial charge < -0.3 is 26.6 Å². The van der Waals surface area contributed by atoms with Gasteiger partial charge in [0.15, 0.2) is 0 Å². The highest BCUT2D eigenvalue weighted by Gasteiger charge is 2.05. The molecule has 5 heteroatoms. The second-order valence-corrected chi connectivity index (χ2v) is 7.21. The molecule has 0 aromatic heterocycles. The fourth-order valence-electron chi connectivity index (χ4n) is 2.42. The summed E-state index contributed by atoms with van der Waals surface area (Å²) in [4.78, 5) is 0. The summed E-state index contributed by atoms with van der Waals surface area (Å²) < 4.78 is 0. The van der Waals surface area contributed by atoms with Crippen LogP contribution in [0.1, 0.15) is 86.5 Å². The third-order valence-corrected chi connectivity index (χ3v) is 4.03. The van der Waals surface area contributed by atoms with Crippen LogP contribution in [0.15, 0.2) is 110 Å². The first-order valence-electron chi connectivity index (χ1n) is 12.8. The van der Waals surface area contributed by atoms with Gasteiger partial charge in [-0.3, -0.25) is 0 Å². The Balaban J connectivity index is -0.0000000600. The molecule has 1 aliphatic carbocycles. The monoisotopic (exact) mass is 524 g/mol. The van der Waals surface area contributed by atoms with Crippen molar-refractivity contribution in [3.8, 4) is 0 Å². The number of aliphatic hydroxyl groups is 2. The Hall–Kier alpha value is -2.86. The Morgan fingerprint density at radius 2 is 1.16 bits per heavy atom. The SMILES string of the molecule is C=C/C=C(\C=C/O)CC.C=C/C=C\C=C/O.CC.CC1CCCCC1.CCC.O.O.O.c1ccccc1. The van der Waals surface area contributed by atoms with Gasteiger partial charge >= 0.3 is 0 Å². The van der Waals surface area contributed by atoms with E-state index in [2.05, 4.69) is 33.9 Å². The molecule has 1 aliphatic rings. The van der Waals surface area contributed by atoms with Gasteiger partial charge in [0.1, 0.15) is 0 Å². The number of aliphatic hydroxyl groups excluding tert-OH is 2. The first kappa shape index (κ1) is 50.9. The van der Waals surface area contributed by atoms with Crippen molar-refractivity contribution in [1.29, 1.82) is 0 Å². The van der Waals surface area contributed by atoms with Crippen LogP contribution in [0.25, 0.3) is 0 Å². The molecule has 0 spiro atoms. The molecule has 0 aliphatic heterocycles. The third-order valence-electron chi connectivity index (χ3n) is 4.03. The fraction of sp³-hybridized carbons (Fsp3) is 0.438. The van der Waals surface area contributed by atoms with E-state index in [9.17, 15) is 0 Å². The summed E-state index contributed by atoms with van der Waals surface area (Å²) in [7, 11) is 0. The molecule has 8 N–H and O–H groups in total. The Labute approximate surface area is 229 Å². The molecule has 2 rings (SSSR count). The maximum atomic E-state index is 8.34. The topological polar surface area (TPSA) is 135 Å². The number of hydrogen-bond donors (Lipinski definition) is 2. The molecule has 1 fully saturated rings. The third kappa shape index (κ3) is 60.0. The molecule has 5 nitrogen and oxygen atoms in total. The van der Waals surface area contributed by atoms with Crippen molar-refractivity contribution < 1.29 is 26.6 Å². The van der Waals surface area contributed by atoms with Gasteiger partial charge in [0, 0.05) is 0 Å². The second-order valence-electron chi connectivity index (χ2n) is 7.21. The van der Waals surface area contributed by atoms with Crippen molar-refractivity contribution >= 4 is 0 Å². The fourth-order valence-corrected chi connectivity index (χ4v) is 2.42. The van der Waals surface area contributed by atoms with Crippen molar-refractivity contribution in [1.82, 2.24) is 0 Å². The summed E-state index contributed by atoms with van der Waals surface area (Å²) in [5.74, 6) is 1.04. The Morgan fingerprint density at radius 1 is 0.730 bits per heavy atom. The van der Waals surface area contributed by atoms with E-state index in [-0.39, 0.29) is 16.4 Å². The van der Waals surface area contributed by atoms with Crippen LogP contribution in [0.5, 0.6) is 0 Å². The maximum Gasteiger partial charge on any atom is 0.0794 e. The molecule has 1 aromatic carbocycles. The Bertz CT molecular complexity index is 572. The van der Waals surface area contributed by atoms with E-state index in [1.165, 1.54) is 44.6 Å². The van der Waals surface area contributed by atoms with Crippen LogP contribution in [-0.4, -0.2) is 26.6 Å². The molecule has 0 saturated heterocycles. The van der Waals surface area contributed by atoms with Gasteiger partial charge in [-0.1, -0.05) is 160 Å². The number of allylic oxidation sites excluding steroid dienone is 8. The lowest BCUT2D eigenvalue weighted by Gasteiger charge is -2.15. The Kier molecular flexibility index (Phi) is 74.5. The maximum absolute atomic E-state index is 8.34. The largest absolute Gasteiger partial charge is 0.516 e. The molecule has 0 heterocycles. The quantitative estimate of drug-likeness (QED) is 0.294. The average molecular weight is 525 g/mol. The summed E-state index contributed by atoms with van der Waals surface area (Å²) in [5.41, 5.74) is 1.08.